The number of ether oxygens (including phenoxy) is 1. The van der Waals surface area contributed by atoms with Gasteiger partial charge < -0.3 is 15.4 Å². The number of hydrogen-bond acceptors (Lipinski definition) is 3. The van der Waals surface area contributed by atoms with Gasteiger partial charge in [0, 0.05) is 27.9 Å². The molecular formula is C11H28N2O2. The highest BCUT2D eigenvalue weighted by atomic mass is 16.5. The van der Waals surface area contributed by atoms with Gasteiger partial charge in [0.05, 0.1) is 13.2 Å². The normalized spacial score (nSPS) is 11.1. The molecule has 1 amide bonds. The number of nitrogens with one attached hydrogen (secondary N) is 2. The first-order chi connectivity index (χ1) is 7.04. The van der Waals surface area contributed by atoms with Crippen LogP contribution in [-0.4, -0.2) is 38.3 Å². The van der Waals surface area contributed by atoms with Crippen LogP contribution in [0.25, 0.3) is 0 Å². The first kappa shape index (κ1) is 14.4. The topological polar surface area (TPSA) is 50.4 Å². The van der Waals surface area contributed by atoms with Crippen molar-refractivity contribution in [1.29, 1.82) is 0 Å². The summed E-state index contributed by atoms with van der Waals surface area (Å²) >= 11 is 0. The molecule has 0 aliphatic carbocycles. The van der Waals surface area contributed by atoms with E-state index in [4.69, 9.17) is 4.74 Å². The highest BCUT2D eigenvalue weighted by Gasteiger charge is 2.04. The quantitative estimate of drug-likeness (QED) is 0.606. The summed E-state index contributed by atoms with van der Waals surface area (Å²) in [5.41, 5.74) is 0. The van der Waals surface area contributed by atoms with Crippen LogP contribution in [0.2, 0.25) is 0 Å². The van der Waals surface area contributed by atoms with Crippen molar-refractivity contribution in [3.63, 3.8) is 0 Å². The van der Waals surface area contributed by atoms with Crippen LogP contribution in [0.15, 0.2) is 0 Å². The number of carbonyl (C=O) groups excluding carboxylic acids is 1. The summed E-state index contributed by atoms with van der Waals surface area (Å²) in [5.74, 6) is 0.131. The molecule has 94 valence electrons. The van der Waals surface area contributed by atoms with Crippen molar-refractivity contribution in [3.05, 3.63) is 0 Å². The van der Waals surface area contributed by atoms with E-state index in [1.807, 2.05) is 13.8 Å². The summed E-state index contributed by atoms with van der Waals surface area (Å²) in [6.45, 7) is 10.7. The second-order valence-corrected chi connectivity index (χ2v) is 4.17. The van der Waals surface area contributed by atoms with Crippen LogP contribution in [0.1, 0.15) is 30.5 Å². The lowest BCUT2D eigenvalue weighted by atomic mass is 10.2. The first-order valence-electron chi connectivity index (χ1n) is 5.63. The second kappa shape index (κ2) is 8.68. The summed E-state index contributed by atoms with van der Waals surface area (Å²) < 4.78 is 5.34. The third-order valence-corrected chi connectivity index (χ3v) is 1.87. The molecule has 0 rings (SSSR count). The zero-order valence-electron chi connectivity index (χ0n) is 10.3. The lowest BCUT2D eigenvalue weighted by Crippen LogP contribution is -2.32. The molecule has 0 radical (unpaired) electrons. The van der Waals surface area contributed by atoms with Gasteiger partial charge in [-0.3, -0.25) is 4.79 Å². The van der Waals surface area contributed by atoms with Crippen molar-refractivity contribution in [1.82, 2.24) is 10.6 Å². The van der Waals surface area contributed by atoms with Gasteiger partial charge in [-0.25, -0.2) is 0 Å². The SMILES string of the molecule is CC(C)NCCOCCNC(=O)C(C)C.[HH].[HH]. The summed E-state index contributed by atoms with van der Waals surface area (Å²) in [6, 6.07) is 0.495. The summed E-state index contributed by atoms with van der Waals surface area (Å²) in [7, 11) is 0. The van der Waals surface area contributed by atoms with Crippen molar-refractivity contribution in [2.45, 2.75) is 33.7 Å². The van der Waals surface area contributed by atoms with E-state index < -0.39 is 0 Å². The minimum atomic E-state index is 0. The molecule has 0 bridgehead atoms. The van der Waals surface area contributed by atoms with Gasteiger partial charge in [0.25, 0.3) is 0 Å². The molecule has 0 aliphatic heterocycles. The number of hydrogen-bond donors (Lipinski definition) is 2. The van der Waals surface area contributed by atoms with Crippen LogP contribution in [0, 0.1) is 5.92 Å². The van der Waals surface area contributed by atoms with Gasteiger partial charge >= 0.3 is 0 Å². The second-order valence-electron chi connectivity index (χ2n) is 4.17. The lowest BCUT2D eigenvalue weighted by Gasteiger charge is -2.10. The van der Waals surface area contributed by atoms with Gasteiger partial charge in [0.2, 0.25) is 5.91 Å². The molecule has 0 unspecified atom stereocenters. The Bertz CT molecular complexity index is 179. The maximum Gasteiger partial charge on any atom is 0.222 e. The monoisotopic (exact) mass is 220 g/mol. The zero-order chi connectivity index (χ0) is 11.7. The fourth-order valence-electron chi connectivity index (χ4n) is 0.972. The molecule has 0 aliphatic rings. The van der Waals surface area contributed by atoms with Crippen molar-refractivity contribution >= 4 is 5.91 Å². The molecule has 0 aromatic rings. The van der Waals surface area contributed by atoms with Gasteiger partial charge in [0.1, 0.15) is 0 Å². The van der Waals surface area contributed by atoms with E-state index in [0.717, 1.165) is 6.54 Å². The predicted octanol–water partition coefficient (Wildman–Crippen LogP) is 1.27. The Labute approximate surface area is 95.7 Å². The molecule has 0 fully saturated rings. The molecule has 0 saturated heterocycles. The summed E-state index contributed by atoms with van der Waals surface area (Å²) in [5, 5.41) is 6.05. The van der Waals surface area contributed by atoms with Crippen molar-refractivity contribution < 1.29 is 12.4 Å². The molecular weight excluding hydrogens is 192 g/mol. The minimum Gasteiger partial charge on any atom is -0.378 e. The molecule has 0 atom stereocenters. The fraction of sp³-hybridized carbons (Fsp3) is 0.909. The van der Waals surface area contributed by atoms with Crippen LogP contribution >= 0.6 is 0 Å². The predicted molar refractivity (Wildman–Crippen MR) is 66.0 cm³/mol. The fourth-order valence-corrected chi connectivity index (χ4v) is 0.972. The minimum absolute atomic E-state index is 0. The van der Waals surface area contributed by atoms with Crippen molar-refractivity contribution in [3.8, 4) is 0 Å². The Kier molecular flexibility index (Phi) is 8.33. The van der Waals surface area contributed by atoms with Gasteiger partial charge in [-0.2, -0.15) is 0 Å². The standard InChI is InChI=1S/C11H24N2O2.2H2/c1-9(2)11(14)13-6-8-15-7-5-12-10(3)4;;/h9-10,12H,5-8H2,1-4H3,(H,13,14);2*1H. The van der Waals surface area contributed by atoms with Crippen LogP contribution in [-0.2, 0) is 9.53 Å². The summed E-state index contributed by atoms with van der Waals surface area (Å²) in [6.07, 6.45) is 0. The van der Waals surface area contributed by atoms with E-state index in [-0.39, 0.29) is 14.7 Å². The maximum atomic E-state index is 11.1. The van der Waals surface area contributed by atoms with Gasteiger partial charge in [-0.15, -0.1) is 0 Å². The van der Waals surface area contributed by atoms with E-state index in [1.54, 1.807) is 0 Å². The molecule has 0 spiro atoms. The molecule has 2 N–H and O–H groups in total. The molecule has 0 aromatic carbocycles. The van der Waals surface area contributed by atoms with E-state index in [0.29, 0.717) is 25.8 Å². The molecule has 4 heteroatoms. The lowest BCUT2D eigenvalue weighted by molar-refractivity contribution is -0.124. The Morgan fingerprint density at radius 2 is 1.80 bits per heavy atom. The first-order valence-corrected chi connectivity index (χ1v) is 5.63. The van der Waals surface area contributed by atoms with Crippen LogP contribution in [0.3, 0.4) is 0 Å². The average molecular weight is 220 g/mol. The van der Waals surface area contributed by atoms with Crippen molar-refractivity contribution in [2.24, 2.45) is 5.92 Å². The van der Waals surface area contributed by atoms with Crippen LogP contribution < -0.4 is 10.6 Å². The number of rotatable bonds is 8. The highest BCUT2D eigenvalue weighted by molar-refractivity contribution is 5.77. The Hall–Kier alpha value is -0.610. The van der Waals surface area contributed by atoms with Crippen LogP contribution in [0.4, 0.5) is 0 Å². The van der Waals surface area contributed by atoms with Gasteiger partial charge in [-0.05, 0) is 0 Å². The molecule has 15 heavy (non-hydrogen) atoms. The van der Waals surface area contributed by atoms with E-state index in [2.05, 4.69) is 24.5 Å². The van der Waals surface area contributed by atoms with Gasteiger partial charge in [0.15, 0.2) is 0 Å². The third kappa shape index (κ3) is 9.69. The maximum absolute atomic E-state index is 11.1. The van der Waals surface area contributed by atoms with E-state index in [1.165, 1.54) is 0 Å². The van der Waals surface area contributed by atoms with Crippen molar-refractivity contribution in [2.75, 3.05) is 26.3 Å². The van der Waals surface area contributed by atoms with Gasteiger partial charge in [-0.1, -0.05) is 27.7 Å². The largest absolute Gasteiger partial charge is 0.378 e. The van der Waals surface area contributed by atoms with E-state index in [9.17, 15) is 4.79 Å². The molecule has 4 nitrogen and oxygen atoms in total. The van der Waals surface area contributed by atoms with Crippen LogP contribution in [0.5, 0.6) is 0 Å². The molecule has 0 saturated carbocycles. The Morgan fingerprint density at radius 3 is 2.33 bits per heavy atom. The Balaban J connectivity index is -0.000000980. The van der Waals surface area contributed by atoms with E-state index >= 15 is 0 Å². The number of amides is 1. The highest BCUT2D eigenvalue weighted by Crippen LogP contribution is 1.89. The third-order valence-electron chi connectivity index (χ3n) is 1.87. The molecule has 0 heterocycles. The molecule has 0 aromatic heterocycles. The zero-order valence-corrected chi connectivity index (χ0v) is 10.3. The average Bonchev–Trinajstić information content (AvgIpc) is 2.15. The summed E-state index contributed by atoms with van der Waals surface area (Å²) in [4.78, 5) is 11.1. The number of carbonyl (C=O) groups is 1. The smallest absolute Gasteiger partial charge is 0.222 e. The Morgan fingerprint density at radius 1 is 1.20 bits per heavy atom.